The number of Topliss-reactive ketones (excluding diaryl/α,β-unsaturated/α-hetero) is 1. The van der Waals surface area contributed by atoms with Crippen LogP contribution in [0.1, 0.15) is 56.0 Å². The van der Waals surface area contributed by atoms with Crippen molar-refractivity contribution in [1.82, 2.24) is 4.98 Å². The predicted octanol–water partition coefficient (Wildman–Crippen LogP) is 5.24. The Balaban J connectivity index is 1.61. The Morgan fingerprint density at radius 3 is 2.67 bits per heavy atom. The van der Waals surface area contributed by atoms with Crippen molar-refractivity contribution >= 4 is 17.1 Å². The average Bonchev–Trinajstić information content (AvgIpc) is 3.09. The Bertz CT molecular complexity index is 578. The van der Waals surface area contributed by atoms with E-state index in [-0.39, 0.29) is 5.78 Å². The minimum Gasteiger partial charge on any atom is -0.494 e. The van der Waals surface area contributed by atoms with Crippen molar-refractivity contribution in [2.24, 2.45) is 0 Å². The lowest BCUT2D eigenvalue weighted by Gasteiger charge is -2.07. The van der Waals surface area contributed by atoms with E-state index in [9.17, 15) is 4.79 Å². The van der Waals surface area contributed by atoms with Crippen LogP contribution in [0.15, 0.2) is 35.8 Å². The Hall–Kier alpha value is -1.68. The molecular weight excluding hydrogens is 318 g/mol. The van der Waals surface area contributed by atoms with Gasteiger partial charge in [0.25, 0.3) is 0 Å². The third-order valence-corrected chi connectivity index (χ3v) is 4.72. The molecule has 0 spiro atoms. The number of unbranched alkanes of at least 4 members (excludes halogenated alkanes) is 3. The second-order valence-electron chi connectivity index (χ2n) is 6.05. The molecule has 0 radical (unpaired) electrons. The van der Waals surface area contributed by atoms with E-state index in [1.807, 2.05) is 17.5 Å². The molecule has 0 fully saturated rings. The van der Waals surface area contributed by atoms with Crippen LogP contribution in [-0.2, 0) is 17.6 Å². The monoisotopic (exact) mass is 345 g/mol. The van der Waals surface area contributed by atoms with Crippen LogP contribution in [0.3, 0.4) is 0 Å². The minimum atomic E-state index is 0.275. The van der Waals surface area contributed by atoms with Gasteiger partial charge in [-0.05, 0) is 37.0 Å². The quantitative estimate of drug-likeness (QED) is 0.494. The van der Waals surface area contributed by atoms with E-state index >= 15 is 0 Å². The smallest absolute Gasteiger partial charge is 0.139 e. The molecule has 0 bridgehead atoms. The predicted molar refractivity (Wildman–Crippen MR) is 99.8 cm³/mol. The molecule has 2 rings (SSSR count). The van der Waals surface area contributed by atoms with Crippen molar-refractivity contribution in [1.29, 1.82) is 0 Å². The number of thiazole rings is 1. The minimum absolute atomic E-state index is 0.275. The van der Waals surface area contributed by atoms with Crippen molar-refractivity contribution in [2.45, 2.75) is 58.3 Å². The molecule has 24 heavy (non-hydrogen) atoms. The van der Waals surface area contributed by atoms with E-state index in [1.54, 1.807) is 17.5 Å². The highest BCUT2D eigenvalue weighted by molar-refractivity contribution is 7.09. The van der Waals surface area contributed by atoms with Crippen molar-refractivity contribution in [3.05, 3.63) is 46.4 Å². The lowest BCUT2D eigenvalue weighted by molar-refractivity contribution is -0.118. The largest absolute Gasteiger partial charge is 0.494 e. The molecule has 0 atom stereocenters. The first-order valence-electron chi connectivity index (χ1n) is 8.89. The van der Waals surface area contributed by atoms with Gasteiger partial charge in [0.1, 0.15) is 11.5 Å². The lowest BCUT2D eigenvalue weighted by atomic mass is 10.1. The van der Waals surface area contributed by atoms with Gasteiger partial charge in [-0.25, -0.2) is 4.98 Å². The third kappa shape index (κ3) is 7.26. The highest BCUT2D eigenvalue weighted by atomic mass is 32.1. The van der Waals surface area contributed by atoms with Gasteiger partial charge in [-0.3, -0.25) is 4.79 Å². The molecule has 0 saturated carbocycles. The molecule has 0 unspecified atom stereocenters. The molecule has 2 aromatic rings. The standard InChI is InChI=1S/C20H27NO2S/c1-2-3-4-5-14-23-19-11-9-17(10-12-19)7-6-8-18(22)16-20-21-13-15-24-20/h9-13,15H,2-8,14,16H2,1H3. The zero-order chi connectivity index (χ0) is 17.0. The van der Waals surface area contributed by atoms with Gasteiger partial charge in [-0.1, -0.05) is 38.3 Å². The van der Waals surface area contributed by atoms with Crippen molar-refractivity contribution in [3.63, 3.8) is 0 Å². The second-order valence-corrected chi connectivity index (χ2v) is 7.03. The summed E-state index contributed by atoms with van der Waals surface area (Å²) in [6.45, 7) is 3.01. The number of carbonyl (C=O) groups is 1. The highest BCUT2D eigenvalue weighted by Crippen LogP contribution is 2.15. The Morgan fingerprint density at radius 1 is 1.12 bits per heavy atom. The van der Waals surface area contributed by atoms with Gasteiger partial charge in [0.05, 0.1) is 18.0 Å². The van der Waals surface area contributed by atoms with Gasteiger partial charge in [-0.15, -0.1) is 11.3 Å². The number of ketones is 1. The Kier molecular flexibility index (Phi) is 8.53. The van der Waals surface area contributed by atoms with Crippen LogP contribution in [-0.4, -0.2) is 17.4 Å². The first-order chi connectivity index (χ1) is 11.8. The maximum absolute atomic E-state index is 11.9. The zero-order valence-electron chi connectivity index (χ0n) is 14.5. The fourth-order valence-corrected chi connectivity index (χ4v) is 3.20. The third-order valence-electron chi connectivity index (χ3n) is 3.94. The van der Waals surface area contributed by atoms with E-state index in [2.05, 4.69) is 24.0 Å². The average molecular weight is 346 g/mol. The first kappa shape index (κ1) is 18.7. The van der Waals surface area contributed by atoms with Crippen molar-refractivity contribution in [3.8, 4) is 5.75 Å². The summed E-state index contributed by atoms with van der Waals surface area (Å²) in [5.74, 6) is 1.21. The SMILES string of the molecule is CCCCCCOc1ccc(CCCC(=O)Cc2nccs2)cc1. The van der Waals surface area contributed by atoms with E-state index in [0.29, 0.717) is 12.8 Å². The number of nitrogens with zero attached hydrogens (tertiary/aromatic N) is 1. The Labute approximate surface area is 149 Å². The van der Waals surface area contributed by atoms with Gasteiger partial charge in [0, 0.05) is 18.0 Å². The normalized spacial score (nSPS) is 10.7. The maximum Gasteiger partial charge on any atom is 0.139 e. The van der Waals surface area contributed by atoms with E-state index in [4.69, 9.17) is 4.74 Å². The Morgan fingerprint density at radius 2 is 1.96 bits per heavy atom. The summed E-state index contributed by atoms with van der Waals surface area (Å²) in [6, 6.07) is 8.28. The van der Waals surface area contributed by atoms with E-state index < -0.39 is 0 Å². The summed E-state index contributed by atoms with van der Waals surface area (Å²) >= 11 is 1.55. The summed E-state index contributed by atoms with van der Waals surface area (Å²) in [7, 11) is 0. The molecule has 1 aromatic carbocycles. The second kappa shape index (κ2) is 11.0. The van der Waals surface area contributed by atoms with Crippen LogP contribution in [0.2, 0.25) is 0 Å². The van der Waals surface area contributed by atoms with Gasteiger partial charge >= 0.3 is 0 Å². The molecule has 1 aromatic heterocycles. The van der Waals surface area contributed by atoms with Gasteiger partial charge in [-0.2, -0.15) is 0 Å². The van der Waals surface area contributed by atoms with Crippen LogP contribution in [0.4, 0.5) is 0 Å². The van der Waals surface area contributed by atoms with E-state index in [0.717, 1.165) is 36.6 Å². The zero-order valence-corrected chi connectivity index (χ0v) is 15.3. The molecule has 0 N–H and O–H groups in total. The van der Waals surface area contributed by atoms with Crippen molar-refractivity contribution < 1.29 is 9.53 Å². The highest BCUT2D eigenvalue weighted by Gasteiger charge is 2.06. The molecule has 0 aliphatic carbocycles. The molecule has 0 saturated heterocycles. The molecule has 0 amide bonds. The number of aryl methyl sites for hydroxylation is 1. The van der Waals surface area contributed by atoms with Crippen LogP contribution < -0.4 is 4.74 Å². The number of hydrogen-bond donors (Lipinski definition) is 0. The van der Waals surface area contributed by atoms with E-state index in [1.165, 1.54) is 24.8 Å². The summed E-state index contributed by atoms with van der Waals surface area (Å²) in [5.41, 5.74) is 1.26. The molecule has 130 valence electrons. The van der Waals surface area contributed by atoms with Gasteiger partial charge in [0.2, 0.25) is 0 Å². The molecule has 1 heterocycles. The fourth-order valence-electron chi connectivity index (χ4n) is 2.56. The lowest BCUT2D eigenvalue weighted by Crippen LogP contribution is -2.03. The van der Waals surface area contributed by atoms with Crippen LogP contribution in [0, 0.1) is 0 Å². The van der Waals surface area contributed by atoms with Crippen LogP contribution >= 0.6 is 11.3 Å². The molecule has 0 aliphatic heterocycles. The van der Waals surface area contributed by atoms with Gasteiger partial charge in [0.15, 0.2) is 0 Å². The molecule has 4 heteroatoms. The molecule has 3 nitrogen and oxygen atoms in total. The van der Waals surface area contributed by atoms with Crippen LogP contribution in [0.5, 0.6) is 5.75 Å². The topological polar surface area (TPSA) is 39.2 Å². The molecular formula is C20H27NO2S. The van der Waals surface area contributed by atoms with Gasteiger partial charge < -0.3 is 4.74 Å². The molecule has 0 aliphatic rings. The first-order valence-corrected chi connectivity index (χ1v) is 9.77. The van der Waals surface area contributed by atoms with Crippen LogP contribution in [0.25, 0.3) is 0 Å². The van der Waals surface area contributed by atoms with Crippen molar-refractivity contribution in [2.75, 3.05) is 6.61 Å². The number of rotatable bonds is 12. The number of aromatic nitrogens is 1. The summed E-state index contributed by atoms with van der Waals surface area (Å²) in [4.78, 5) is 16.1. The summed E-state index contributed by atoms with van der Waals surface area (Å²) < 4.78 is 5.75. The number of ether oxygens (including phenoxy) is 1. The number of hydrogen-bond acceptors (Lipinski definition) is 4. The number of benzene rings is 1. The maximum atomic E-state index is 11.9. The number of carbonyl (C=O) groups excluding carboxylic acids is 1. The summed E-state index contributed by atoms with van der Waals surface area (Å²) in [6.07, 6.45) is 9.56. The fraction of sp³-hybridized carbons (Fsp3) is 0.500. The summed E-state index contributed by atoms with van der Waals surface area (Å²) in [5, 5.41) is 2.83.